The molecule has 0 spiro atoms. The van der Waals surface area contributed by atoms with Crippen LogP contribution < -0.4 is 0 Å². The van der Waals surface area contributed by atoms with Gasteiger partial charge in [-0.1, -0.05) is 0 Å². The maximum absolute atomic E-state index is 11.1. The Morgan fingerprint density at radius 3 is 1.80 bits per heavy atom. The van der Waals surface area contributed by atoms with Gasteiger partial charge in [-0.25, -0.2) is 8.78 Å². The van der Waals surface area contributed by atoms with Crippen LogP contribution in [0.4, 0.5) is 8.78 Å². The van der Waals surface area contributed by atoms with Gasteiger partial charge >= 0.3 is 0 Å². The maximum Gasteiger partial charge on any atom is 0.252 e. The predicted molar refractivity (Wildman–Crippen MR) is 13.9 cm³/mol. The Balaban J connectivity index is 2.38. The first-order valence-electron chi connectivity index (χ1n) is 1.43. The van der Waals surface area contributed by atoms with Crippen molar-refractivity contribution in [3.63, 3.8) is 0 Å². The normalized spacial score (nSPS) is 30.0. The van der Waals surface area contributed by atoms with Crippen LogP contribution in [-0.4, -0.2) is 5.92 Å². The lowest BCUT2D eigenvalue weighted by molar-refractivity contribution is 0.134. The van der Waals surface area contributed by atoms with E-state index in [0.717, 1.165) is 6.42 Å². The Morgan fingerprint density at radius 1 is 1.60 bits per heavy atom. The summed E-state index contributed by atoms with van der Waals surface area (Å²) in [7, 11) is 0. The van der Waals surface area contributed by atoms with Gasteiger partial charge in [-0.2, -0.15) is 0 Å². The van der Waals surface area contributed by atoms with Crippen molar-refractivity contribution in [1.29, 1.82) is 0 Å². The minimum Gasteiger partial charge on any atom is -0.207 e. The number of hydrogen-bond donors (Lipinski definition) is 0. The molecule has 5 heavy (non-hydrogen) atoms. The SMILES string of the molecule is FC1(F)[CH]C1. The Hall–Kier alpha value is -0.140. The summed E-state index contributed by atoms with van der Waals surface area (Å²) in [5.41, 5.74) is 0. The van der Waals surface area contributed by atoms with Crippen molar-refractivity contribution in [3.05, 3.63) is 6.42 Å². The molecule has 0 nitrogen and oxygen atoms in total. The van der Waals surface area contributed by atoms with Crippen LogP contribution in [0.2, 0.25) is 0 Å². The van der Waals surface area contributed by atoms with E-state index in [4.69, 9.17) is 0 Å². The van der Waals surface area contributed by atoms with Crippen LogP contribution >= 0.6 is 0 Å². The Bertz CT molecular complexity index is 42.9. The third kappa shape index (κ3) is 0.565. The first kappa shape index (κ1) is 3.07. The molecule has 29 valence electrons. The minimum atomic E-state index is -2.38. The molecule has 0 N–H and O–H groups in total. The van der Waals surface area contributed by atoms with Gasteiger partial charge in [0.05, 0.1) is 0 Å². The summed E-state index contributed by atoms with van der Waals surface area (Å²) in [6.07, 6.45) is 0.972. The summed E-state index contributed by atoms with van der Waals surface area (Å²) in [5, 5.41) is 0. The second-order valence-electron chi connectivity index (χ2n) is 1.17. The molecule has 0 aliphatic heterocycles. The van der Waals surface area contributed by atoms with Crippen LogP contribution in [0.5, 0.6) is 0 Å². The van der Waals surface area contributed by atoms with Gasteiger partial charge < -0.3 is 0 Å². The second kappa shape index (κ2) is 0.511. The molecule has 1 radical (unpaired) electrons. The fraction of sp³-hybridized carbons (Fsp3) is 0.667. The van der Waals surface area contributed by atoms with Crippen molar-refractivity contribution >= 4 is 0 Å². The third-order valence-corrected chi connectivity index (χ3v) is 0.513. The van der Waals surface area contributed by atoms with Gasteiger partial charge in [0.15, 0.2) is 0 Å². The standard InChI is InChI=1S/C3H3F2/c4-3(5)1-2-3/h1H,2H2. The Kier molecular flexibility index (Phi) is 0.313. The number of halogens is 2. The van der Waals surface area contributed by atoms with Crippen molar-refractivity contribution in [1.82, 2.24) is 0 Å². The van der Waals surface area contributed by atoms with E-state index in [2.05, 4.69) is 0 Å². The molecule has 0 aromatic rings. The van der Waals surface area contributed by atoms with E-state index in [9.17, 15) is 8.78 Å². The topological polar surface area (TPSA) is 0 Å². The lowest BCUT2D eigenvalue weighted by Crippen LogP contribution is -1.79. The summed E-state index contributed by atoms with van der Waals surface area (Å²) in [5.74, 6) is -2.38. The number of hydrogen-bond acceptors (Lipinski definition) is 0. The van der Waals surface area contributed by atoms with E-state index in [0.29, 0.717) is 0 Å². The molecule has 1 fully saturated rings. The summed E-state index contributed by atoms with van der Waals surface area (Å²) in [6, 6.07) is 0. The van der Waals surface area contributed by atoms with E-state index in [1.54, 1.807) is 0 Å². The molecule has 1 saturated carbocycles. The van der Waals surface area contributed by atoms with E-state index in [-0.39, 0.29) is 6.42 Å². The largest absolute Gasteiger partial charge is 0.252 e. The van der Waals surface area contributed by atoms with Crippen LogP contribution in [0.3, 0.4) is 0 Å². The molecule has 0 aromatic heterocycles. The van der Waals surface area contributed by atoms with Crippen LogP contribution in [0.1, 0.15) is 6.42 Å². The molecule has 0 bridgehead atoms. The number of rotatable bonds is 0. The number of alkyl halides is 2. The summed E-state index contributed by atoms with van der Waals surface area (Å²) < 4.78 is 22.2. The van der Waals surface area contributed by atoms with E-state index < -0.39 is 5.92 Å². The molecule has 0 amide bonds. The molecular weight excluding hydrogens is 74.0 g/mol. The summed E-state index contributed by atoms with van der Waals surface area (Å²) in [6.45, 7) is 0. The van der Waals surface area contributed by atoms with Gasteiger partial charge in [-0.3, -0.25) is 0 Å². The van der Waals surface area contributed by atoms with Gasteiger partial charge in [0.1, 0.15) is 0 Å². The first-order valence-corrected chi connectivity index (χ1v) is 1.43. The molecule has 0 saturated heterocycles. The highest BCUT2D eigenvalue weighted by Crippen LogP contribution is 2.39. The van der Waals surface area contributed by atoms with Crippen LogP contribution in [0, 0.1) is 6.42 Å². The highest BCUT2D eigenvalue weighted by atomic mass is 19.3. The fourth-order valence-electron chi connectivity index (χ4n) is 0.0772. The highest BCUT2D eigenvalue weighted by molar-refractivity contribution is 5.03. The summed E-state index contributed by atoms with van der Waals surface area (Å²) in [4.78, 5) is 0. The van der Waals surface area contributed by atoms with Gasteiger partial charge in [0.25, 0.3) is 5.92 Å². The average molecular weight is 77.1 g/mol. The van der Waals surface area contributed by atoms with Crippen molar-refractivity contribution in [3.8, 4) is 0 Å². The zero-order valence-electron chi connectivity index (χ0n) is 2.54. The second-order valence-corrected chi connectivity index (χ2v) is 1.17. The Labute approximate surface area is 28.8 Å². The van der Waals surface area contributed by atoms with Crippen LogP contribution in [0.15, 0.2) is 0 Å². The molecule has 0 heterocycles. The Morgan fingerprint density at radius 2 is 1.80 bits per heavy atom. The lowest BCUT2D eigenvalue weighted by Gasteiger charge is -1.76. The average Bonchev–Trinajstić information content (AvgIpc) is 1.76. The molecule has 0 atom stereocenters. The molecule has 1 aliphatic carbocycles. The van der Waals surface area contributed by atoms with Gasteiger partial charge in [0, 0.05) is 12.8 Å². The first-order chi connectivity index (χ1) is 2.21. The van der Waals surface area contributed by atoms with E-state index >= 15 is 0 Å². The van der Waals surface area contributed by atoms with Crippen molar-refractivity contribution < 1.29 is 8.78 Å². The predicted octanol–water partition coefficient (Wildman–Crippen LogP) is 1.23. The smallest absolute Gasteiger partial charge is 0.207 e. The fourth-order valence-corrected chi connectivity index (χ4v) is 0.0772. The molecule has 2 heteroatoms. The molecule has 0 aromatic carbocycles. The van der Waals surface area contributed by atoms with E-state index in [1.807, 2.05) is 0 Å². The summed E-state index contributed by atoms with van der Waals surface area (Å²) >= 11 is 0. The van der Waals surface area contributed by atoms with Gasteiger partial charge in [-0.05, 0) is 0 Å². The molecule has 1 rings (SSSR count). The van der Waals surface area contributed by atoms with E-state index in [1.165, 1.54) is 0 Å². The molecular formula is C3H3F2. The van der Waals surface area contributed by atoms with Gasteiger partial charge in [0.2, 0.25) is 0 Å². The zero-order valence-corrected chi connectivity index (χ0v) is 2.54. The van der Waals surface area contributed by atoms with Gasteiger partial charge in [-0.15, -0.1) is 0 Å². The van der Waals surface area contributed by atoms with Crippen molar-refractivity contribution in [2.45, 2.75) is 12.3 Å². The maximum atomic E-state index is 11.1. The van der Waals surface area contributed by atoms with Crippen LogP contribution in [0.25, 0.3) is 0 Å². The molecule has 1 aliphatic rings. The monoisotopic (exact) mass is 77.0 g/mol. The highest BCUT2D eigenvalue weighted by Gasteiger charge is 2.43. The van der Waals surface area contributed by atoms with Crippen molar-refractivity contribution in [2.24, 2.45) is 0 Å². The van der Waals surface area contributed by atoms with Crippen molar-refractivity contribution in [2.75, 3.05) is 0 Å². The lowest BCUT2D eigenvalue weighted by atomic mass is 10.8. The quantitative estimate of drug-likeness (QED) is 0.408. The molecule has 0 unspecified atom stereocenters. The third-order valence-electron chi connectivity index (χ3n) is 0.513. The minimum absolute atomic E-state index is 0.00694. The zero-order chi connectivity index (χ0) is 3.91. The van der Waals surface area contributed by atoms with Crippen LogP contribution in [-0.2, 0) is 0 Å².